The number of amides is 4. The minimum atomic E-state index is -1.17. The molecule has 10 heteroatoms. The Balaban J connectivity index is 5.14. The van der Waals surface area contributed by atoms with Gasteiger partial charge in [-0.1, -0.05) is 13.8 Å². The Morgan fingerprint density at radius 2 is 1.48 bits per heavy atom. The Labute approximate surface area is 159 Å². The molecule has 0 aromatic rings. The number of aliphatic hydroxyl groups excluding tert-OH is 1. The topological polar surface area (TPSA) is 177 Å². The van der Waals surface area contributed by atoms with E-state index >= 15 is 0 Å². The number of carbonyl (C=O) groups is 4. The monoisotopic (exact) mass is 387 g/mol. The molecule has 0 heterocycles. The number of nitrogens with two attached hydrogens (primary N) is 2. The van der Waals surface area contributed by atoms with Crippen LogP contribution in [0.5, 0.6) is 0 Å². The van der Waals surface area contributed by atoms with Crippen molar-refractivity contribution in [3.63, 3.8) is 0 Å². The highest BCUT2D eigenvalue weighted by Gasteiger charge is 2.28. The van der Waals surface area contributed by atoms with Gasteiger partial charge >= 0.3 is 0 Å². The Morgan fingerprint density at radius 3 is 1.93 bits per heavy atom. The lowest BCUT2D eigenvalue weighted by Gasteiger charge is -2.24. The number of unbranched alkanes of at least 4 members (excludes halogenated alkanes) is 1. The van der Waals surface area contributed by atoms with Crippen LogP contribution in [0.1, 0.15) is 46.5 Å². The van der Waals surface area contributed by atoms with Gasteiger partial charge in [0, 0.05) is 6.92 Å². The molecule has 0 aliphatic heterocycles. The molecule has 0 bridgehead atoms. The van der Waals surface area contributed by atoms with Gasteiger partial charge < -0.3 is 32.5 Å². The summed E-state index contributed by atoms with van der Waals surface area (Å²) in [4.78, 5) is 47.6. The van der Waals surface area contributed by atoms with Gasteiger partial charge in [0.1, 0.15) is 18.1 Å². The van der Waals surface area contributed by atoms with E-state index in [-0.39, 0.29) is 5.92 Å². The van der Waals surface area contributed by atoms with Crippen molar-refractivity contribution in [3.8, 4) is 0 Å². The molecule has 0 fully saturated rings. The summed E-state index contributed by atoms with van der Waals surface area (Å²) in [5, 5.41) is 16.7. The van der Waals surface area contributed by atoms with Crippen LogP contribution in [0, 0.1) is 5.92 Å². The second kappa shape index (κ2) is 13.0. The van der Waals surface area contributed by atoms with Crippen LogP contribution >= 0.6 is 0 Å². The summed E-state index contributed by atoms with van der Waals surface area (Å²) in [6.07, 6.45) is 1.89. The van der Waals surface area contributed by atoms with Gasteiger partial charge in [0.25, 0.3) is 0 Å². The third-order valence-corrected chi connectivity index (χ3v) is 3.82. The van der Waals surface area contributed by atoms with Gasteiger partial charge in [0.15, 0.2) is 0 Å². The minimum absolute atomic E-state index is 0.131. The molecule has 0 radical (unpaired) electrons. The van der Waals surface area contributed by atoms with Crippen molar-refractivity contribution in [2.45, 2.75) is 64.6 Å². The number of hydrogen-bond acceptors (Lipinski definition) is 6. The van der Waals surface area contributed by atoms with E-state index in [9.17, 15) is 24.3 Å². The highest BCUT2D eigenvalue weighted by Crippen LogP contribution is 2.07. The molecule has 0 spiro atoms. The number of carbonyl (C=O) groups excluding carboxylic acids is 4. The molecule has 0 aromatic carbocycles. The van der Waals surface area contributed by atoms with Crippen LogP contribution in [0.2, 0.25) is 0 Å². The number of primary amides is 1. The third kappa shape index (κ3) is 10.5. The fourth-order valence-corrected chi connectivity index (χ4v) is 2.46. The van der Waals surface area contributed by atoms with Gasteiger partial charge in [-0.25, -0.2) is 0 Å². The molecule has 10 nitrogen and oxygen atoms in total. The average molecular weight is 387 g/mol. The molecule has 0 saturated carbocycles. The normalized spacial score (nSPS) is 14.1. The molecule has 8 N–H and O–H groups in total. The van der Waals surface area contributed by atoms with E-state index in [2.05, 4.69) is 16.0 Å². The first-order valence-electron chi connectivity index (χ1n) is 9.10. The van der Waals surface area contributed by atoms with Crippen LogP contribution in [0.4, 0.5) is 0 Å². The maximum atomic E-state index is 12.6. The number of nitrogens with one attached hydrogen (secondary N) is 3. The zero-order valence-electron chi connectivity index (χ0n) is 16.3. The standard InChI is InChI=1S/C17H33N5O5/c1-10(2)8-13(15(19)25)22-16(26)12(6-4-5-7-18)21-17(27)14(9-23)20-11(3)24/h10,12-14,23H,4-9,18H2,1-3H3,(H2,19,25)(H,20,24)(H,21,27)(H,22,26)/t12-,13+,14-/m1/s1. The molecule has 3 atom stereocenters. The van der Waals surface area contributed by atoms with E-state index in [1.165, 1.54) is 6.92 Å². The van der Waals surface area contributed by atoms with Gasteiger partial charge in [0.05, 0.1) is 6.61 Å². The van der Waals surface area contributed by atoms with Crippen LogP contribution in [0.3, 0.4) is 0 Å². The van der Waals surface area contributed by atoms with Crippen LogP contribution in [-0.2, 0) is 19.2 Å². The van der Waals surface area contributed by atoms with Crippen LogP contribution in [0.25, 0.3) is 0 Å². The number of hydrogen-bond donors (Lipinski definition) is 6. The predicted octanol–water partition coefficient (Wildman–Crippen LogP) is -1.89. The second-order valence-corrected chi connectivity index (χ2v) is 6.87. The summed E-state index contributed by atoms with van der Waals surface area (Å²) >= 11 is 0. The Kier molecular flexibility index (Phi) is 12.0. The molecule has 4 amide bonds. The van der Waals surface area contributed by atoms with Gasteiger partial charge in [-0.05, 0) is 38.1 Å². The Bertz CT molecular complexity index is 512. The zero-order valence-corrected chi connectivity index (χ0v) is 16.3. The molecular formula is C17H33N5O5. The molecule has 0 aliphatic rings. The summed E-state index contributed by atoms with van der Waals surface area (Å²) in [7, 11) is 0. The van der Waals surface area contributed by atoms with Gasteiger partial charge in [-0.3, -0.25) is 19.2 Å². The molecular weight excluding hydrogens is 354 g/mol. The summed E-state index contributed by atoms with van der Waals surface area (Å²) in [6.45, 7) is 4.82. The van der Waals surface area contributed by atoms with Gasteiger partial charge in [0.2, 0.25) is 23.6 Å². The van der Waals surface area contributed by atoms with Crippen molar-refractivity contribution < 1.29 is 24.3 Å². The van der Waals surface area contributed by atoms with Gasteiger partial charge in [-0.2, -0.15) is 0 Å². The van der Waals surface area contributed by atoms with Gasteiger partial charge in [-0.15, -0.1) is 0 Å². The fourth-order valence-electron chi connectivity index (χ4n) is 2.46. The zero-order chi connectivity index (χ0) is 21.0. The summed E-state index contributed by atoms with van der Waals surface area (Å²) < 4.78 is 0. The lowest BCUT2D eigenvalue weighted by Crippen LogP contribution is -2.57. The molecule has 156 valence electrons. The molecule has 0 saturated heterocycles. The van der Waals surface area contributed by atoms with Crippen molar-refractivity contribution in [2.24, 2.45) is 17.4 Å². The lowest BCUT2D eigenvalue weighted by atomic mass is 10.0. The molecule has 0 rings (SSSR count). The van der Waals surface area contributed by atoms with Crippen LogP contribution in [0.15, 0.2) is 0 Å². The molecule has 27 heavy (non-hydrogen) atoms. The third-order valence-electron chi connectivity index (χ3n) is 3.82. The van der Waals surface area contributed by atoms with E-state index in [4.69, 9.17) is 11.5 Å². The van der Waals surface area contributed by atoms with Crippen LogP contribution < -0.4 is 27.4 Å². The summed E-state index contributed by atoms with van der Waals surface area (Å²) in [5.74, 6) is -2.26. The number of rotatable bonds is 13. The number of aliphatic hydroxyl groups is 1. The largest absolute Gasteiger partial charge is 0.394 e. The van der Waals surface area contributed by atoms with Crippen molar-refractivity contribution in [2.75, 3.05) is 13.2 Å². The first kappa shape index (κ1) is 24.8. The van der Waals surface area contributed by atoms with Crippen molar-refractivity contribution in [1.29, 1.82) is 0 Å². The maximum absolute atomic E-state index is 12.6. The van der Waals surface area contributed by atoms with E-state index in [0.717, 1.165) is 0 Å². The molecule has 0 aromatic heterocycles. The van der Waals surface area contributed by atoms with Crippen molar-refractivity contribution in [3.05, 3.63) is 0 Å². The predicted molar refractivity (Wildman–Crippen MR) is 100 cm³/mol. The Morgan fingerprint density at radius 1 is 0.926 bits per heavy atom. The lowest BCUT2D eigenvalue weighted by molar-refractivity contribution is -0.133. The smallest absolute Gasteiger partial charge is 0.245 e. The SMILES string of the molecule is CC(=O)N[C@H](CO)C(=O)N[C@H](CCCCN)C(=O)N[C@@H](CC(C)C)C(N)=O. The van der Waals surface area contributed by atoms with E-state index < -0.39 is 48.4 Å². The maximum Gasteiger partial charge on any atom is 0.245 e. The molecule has 0 unspecified atom stereocenters. The second-order valence-electron chi connectivity index (χ2n) is 6.87. The summed E-state index contributed by atoms with van der Waals surface area (Å²) in [5.41, 5.74) is 10.8. The first-order chi connectivity index (χ1) is 12.6. The minimum Gasteiger partial charge on any atom is -0.394 e. The molecule has 0 aliphatic carbocycles. The van der Waals surface area contributed by atoms with Crippen LogP contribution in [-0.4, -0.2) is 60.0 Å². The quantitative estimate of drug-likeness (QED) is 0.201. The van der Waals surface area contributed by atoms with Crippen molar-refractivity contribution in [1.82, 2.24) is 16.0 Å². The highest BCUT2D eigenvalue weighted by atomic mass is 16.3. The highest BCUT2D eigenvalue weighted by molar-refractivity contribution is 5.93. The van der Waals surface area contributed by atoms with E-state index in [1.807, 2.05) is 13.8 Å². The first-order valence-corrected chi connectivity index (χ1v) is 9.10. The van der Waals surface area contributed by atoms with E-state index in [0.29, 0.717) is 32.2 Å². The fraction of sp³-hybridized carbons (Fsp3) is 0.765. The summed E-state index contributed by atoms with van der Waals surface area (Å²) in [6, 6.07) is -2.97. The average Bonchev–Trinajstić information content (AvgIpc) is 2.57. The Hall–Kier alpha value is -2.20. The van der Waals surface area contributed by atoms with Crippen molar-refractivity contribution >= 4 is 23.6 Å². The van der Waals surface area contributed by atoms with E-state index in [1.54, 1.807) is 0 Å².